The summed E-state index contributed by atoms with van der Waals surface area (Å²) < 4.78 is 27.8. The summed E-state index contributed by atoms with van der Waals surface area (Å²) in [6.45, 7) is -0.137. The molecule has 0 saturated heterocycles. The molecule has 172 valence electrons. The van der Waals surface area contributed by atoms with E-state index in [4.69, 9.17) is 23.7 Å². The minimum absolute atomic E-state index is 0.137. The van der Waals surface area contributed by atoms with Gasteiger partial charge in [0.25, 0.3) is 0 Å². The fourth-order valence-electron chi connectivity index (χ4n) is 4.51. The summed E-state index contributed by atoms with van der Waals surface area (Å²) in [5.41, 5.74) is 5.60. The quantitative estimate of drug-likeness (QED) is 0.535. The average molecular weight is 449 g/mol. The van der Waals surface area contributed by atoms with Crippen LogP contribution >= 0.6 is 0 Å². The van der Waals surface area contributed by atoms with Crippen molar-refractivity contribution in [2.75, 3.05) is 42.2 Å². The number of rotatable bonds is 8. The Morgan fingerprint density at radius 3 is 1.76 bits per heavy atom. The molecule has 1 N–H and O–H groups in total. The maximum absolute atomic E-state index is 10.5. The molecule has 0 aromatic heterocycles. The highest BCUT2D eigenvalue weighted by atomic mass is 16.5. The lowest BCUT2D eigenvalue weighted by Crippen LogP contribution is -2.05. The zero-order valence-corrected chi connectivity index (χ0v) is 19.5. The average Bonchev–Trinajstić information content (AvgIpc) is 3.21. The summed E-state index contributed by atoms with van der Waals surface area (Å²) >= 11 is 0. The molecule has 3 aromatic rings. The van der Waals surface area contributed by atoms with E-state index in [-0.39, 0.29) is 12.5 Å². The van der Waals surface area contributed by atoms with Crippen LogP contribution in [0.15, 0.2) is 54.6 Å². The third-order valence-corrected chi connectivity index (χ3v) is 6.07. The first-order valence-corrected chi connectivity index (χ1v) is 10.6. The smallest absolute Gasteiger partial charge is 0.127 e. The van der Waals surface area contributed by atoms with Crippen LogP contribution in [0.3, 0.4) is 0 Å². The lowest BCUT2D eigenvalue weighted by atomic mass is 9.84. The molecule has 0 amide bonds. The van der Waals surface area contributed by atoms with E-state index < -0.39 is 0 Å². The van der Waals surface area contributed by atoms with Crippen molar-refractivity contribution in [3.63, 3.8) is 0 Å². The molecule has 6 nitrogen and oxygen atoms in total. The van der Waals surface area contributed by atoms with Gasteiger partial charge in [0, 0.05) is 23.6 Å². The van der Waals surface area contributed by atoms with E-state index >= 15 is 0 Å². The summed E-state index contributed by atoms with van der Waals surface area (Å²) in [5.74, 6) is 3.26. The van der Waals surface area contributed by atoms with Crippen LogP contribution in [0, 0.1) is 0 Å². The Hall–Kier alpha value is -3.64. The van der Waals surface area contributed by atoms with Crippen LogP contribution < -0.4 is 23.7 Å². The predicted molar refractivity (Wildman–Crippen MR) is 128 cm³/mol. The van der Waals surface area contributed by atoms with Gasteiger partial charge in [-0.1, -0.05) is 12.1 Å². The zero-order valence-electron chi connectivity index (χ0n) is 19.5. The van der Waals surface area contributed by atoms with Crippen LogP contribution in [-0.2, 0) is 0 Å². The van der Waals surface area contributed by atoms with Crippen molar-refractivity contribution in [2.45, 2.75) is 5.92 Å². The van der Waals surface area contributed by atoms with Gasteiger partial charge in [-0.2, -0.15) is 0 Å². The lowest BCUT2D eigenvalue weighted by molar-refractivity contribution is 0.350. The zero-order chi connectivity index (χ0) is 23.5. The molecule has 4 rings (SSSR count). The van der Waals surface area contributed by atoms with Gasteiger partial charge >= 0.3 is 0 Å². The molecule has 33 heavy (non-hydrogen) atoms. The number of benzene rings is 3. The van der Waals surface area contributed by atoms with Gasteiger partial charge in [-0.15, -0.1) is 0 Å². The van der Waals surface area contributed by atoms with Gasteiger partial charge in [-0.05, 0) is 58.2 Å². The summed E-state index contributed by atoms with van der Waals surface area (Å²) in [6, 6.07) is 17.5. The van der Waals surface area contributed by atoms with Gasteiger partial charge in [0.2, 0.25) is 0 Å². The number of hydrogen-bond donors (Lipinski definition) is 1. The Balaban J connectivity index is 2.04. The van der Waals surface area contributed by atoms with E-state index in [0.717, 1.165) is 39.1 Å². The molecular formula is C27H28O6. The van der Waals surface area contributed by atoms with Gasteiger partial charge in [0.1, 0.15) is 28.7 Å². The molecule has 0 bridgehead atoms. The molecule has 3 aromatic carbocycles. The Kier molecular flexibility index (Phi) is 6.47. The largest absolute Gasteiger partial charge is 0.497 e. The fourth-order valence-corrected chi connectivity index (χ4v) is 4.51. The third kappa shape index (κ3) is 3.98. The standard InChI is InChI=1S/C27H28O6/c1-29-18-8-6-16(7-9-18)25-23(15-28)22-13-21(32-4)14-24(33-5)27(22)26(25)17-10-19(30-2)12-20(11-17)31-3/h6-14,26,28H,15H2,1-5H3. The summed E-state index contributed by atoms with van der Waals surface area (Å²) in [5, 5.41) is 10.5. The summed E-state index contributed by atoms with van der Waals surface area (Å²) in [7, 11) is 8.16. The summed E-state index contributed by atoms with van der Waals surface area (Å²) in [6.07, 6.45) is 0. The number of aliphatic hydroxyl groups is 1. The van der Waals surface area contributed by atoms with Gasteiger partial charge in [0.15, 0.2) is 0 Å². The second-order valence-corrected chi connectivity index (χ2v) is 7.65. The van der Waals surface area contributed by atoms with Crippen molar-refractivity contribution >= 4 is 11.1 Å². The predicted octanol–water partition coefficient (Wildman–Crippen LogP) is 4.78. The molecule has 1 atom stereocenters. The number of hydrogen-bond acceptors (Lipinski definition) is 6. The number of methoxy groups -OCH3 is 5. The van der Waals surface area contributed by atoms with Gasteiger partial charge < -0.3 is 28.8 Å². The molecule has 0 heterocycles. The van der Waals surface area contributed by atoms with Crippen LogP contribution in [0.1, 0.15) is 28.2 Å². The minimum Gasteiger partial charge on any atom is -0.497 e. The Morgan fingerprint density at radius 1 is 0.667 bits per heavy atom. The molecule has 1 aliphatic rings. The van der Waals surface area contributed by atoms with Crippen LogP contribution in [-0.4, -0.2) is 47.3 Å². The number of fused-ring (bicyclic) bond motifs is 1. The van der Waals surface area contributed by atoms with E-state index in [9.17, 15) is 5.11 Å². The van der Waals surface area contributed by atoms with E-state index in [1.54, 1.807) is 35.5 Å². The van der Waals surface area contributed by atoms with Crippen LogP contribution in [0.2, 0.25) is 0 Å². The first kappa shape index (κ1) is 22.6. The number of aliphatic hydroxyl groups excluding tert-OH is 1. The molecule has 1 aliphatic carbocycles. The van der Waals surface area contributed by atoms with Gasteiger partial charge in [0.05, 0.1) is 42.2 Å². The molecule has 6 heteroatoms. The molecule has 1 unspecified atom stereocenters. The number of ether oxygens (including phenoxy) is 5. The van der Waals surface area contributed by atoms with E-state index in [1.807, 2.05) is 54.6 Å². The SMILES string of the molecule is COc1ccc(C2=C(CO)c3cc(OC)cc(OC)c3C2c2cc(OC)cc(OC)c2)cc1. The number of allylic oxidation sites excluding steroid dienone is 1. The molecule has 0 aliphatic heterocycles. The molecule has 0 radical (unpaired) electrons. The van der Waals surface area contributed by atoms with Crippen LogP contribution in [0.4, 0.5) is 0 Å². The Bertz CT molecular complexity index is 1160. The highest BCUT2D eigenvalue weighted by molar-refractivity contribution is 6.02. The maximum Gasteiger partial charge on any atom is 0.127 e. The Morgan fingerprint density at radius 2 is 1.24 bits per heavy atom. The third-order valence-electron chi connectivity index (χ3n) is 6.07. The molecule has 0 fully saturated rings. The summed E-state index contributed by atoms with van der Waals surface area (Å²) in [4.78, 5) is 0. The topological polar surface area (TPSA) is 66.4 Å². The lowest BCUT2D eigenvalue weighted by Gasteiger charge is -2.22. The van der Waals surface area contributed by atoms with Crippen LogP contribution in [0.25, 0.3) is 11.1 Å². The fraction of sp³-hybridized carbons (Fsp3) is 0.259. The van der Waals surface area contributed by atoms with E-state index in [1.165, 1.54) is 0 Å². The second-order valence-electron chi connectivity index (χ2n) is 7.65. The molecule has 0 spiro atoms. The van der Waals surface area contributed by atoms with Gasteiger partial charge in [-0.25, -0.2) is 0 Å². The van der Waals surface area contributed by atoms with Gasteiger partial charge in [-0.3, -0.25) is 0 Å². The van der Waals surface area contributed by atoms with E-state index in [2.05, 4.69) is 0 Å². The molecular weight excluding hydrogens is 420 g/mol. The van der Waals surface area contributed by atoms with Crippen molar-refractivity contribution < 1.29 is 28.8 Å². The minimum atomic E-state index is -0.222. The first-order valence-electron chi connectivity index (χ1n) is 10.6. The Labute approximate surface area is 193 Å². The van der Waals surface area contributed by atoms with Crippen LogP contribution in [0.5, 0.6) is 28.7 Å². The highest BCUT2D eigenvalue weighted by Crippen LogP contribution is 2.55. The monoisotopic (exact) mass is 448 g/mol. The highest BCUT2D eigenvalue weighted by Gasteiger charge is 2.36. The van der Waals surface area contributed by atoms with Crippen molar-refractivity contribution in [3.8, 4) is 28.7 Å². The second kappa shape index (κ2) is 9.46. The van der Waals surface area contributed by atoms with Crippen molar-refractivity contribution in [3.05, 3.63) is 76.9 Å². The normalized spacial score (nSPS) is 14.7. The van der Waals surface area contributed by atoms with Crippen molar-refractivity contribution in [1.82, 2.24) is 0 Å². The maximum atomic E-state index is 10.5. The first-order chi connectivity index (χ1) is 16.1. The molecule has 0 saturated carbocycles. The van der Waals surface area contributed by atoms with Crippen molar-refractivity contribution in [2.24, 2.45) is 0 Å². The van der Waals surface area contributed by atoms with E-state index in [0.29, 0.717) is 23.0 Å². The van der Waals surface area contributed by atoms with Crippen molar-refractivity contribution in [1.29, 1.82) is 0 Å².